The molecule has 12 heteroatoms. The van der Waals surface area contributed by atoms with Crippen molar-refractivity contribution in [3.8, 4) is 17.1 Å². The molecule has 3 aliphatic rings. The Bertz CT molecular complexity index is 1500. The highest BCUT2D eigenvalue weighted by Gasteiger charge is 2.63. The monoisotopic (exact) mass is 523 g/mol. The summed E-state index contributed by atoms with van der Waals surface area (Å²) in [7, 11) is 3.13. The fraction of sp³-hybridized carbons (Fsp3) is 0.308. The van der Waals surface area contributed by atoms with Crippen LogP contribution in [0, 0.1) is 11.8 Å². The van der Waals surface area contributed by atoms with Crippen molar-refractivity contribution in [2.24, 2.45) is 22.7 Å². The molecule has 0 bridgehead atoms. The molecule has 4 atom stereocenters. The van der Waals surface area contributed by atoms with E-state index in [0.29, 0.717) is 16.9 Å². The molecule has 1 aromatic carbocycles. The number of carbonyl (C=O) groups excluding carboxylic acids is 3. The Kier molecular flexibility index (Phi) is 5.69. The van der Waals surface area contributed by atoms with Gasteiger partial charge >= 0.3 is 0 Å². The van der Waals surface area contributed by atoms with Crippen molar-refractivity contribution in [2.75, 3.05) is 14.1 Å². The van der Waals surface area contributed by atoms with Crippen LogP contribution in [0.2, 0.25) is 0 Å². The van der Waals surface area contributed by atoms with E-state index < -0.39 is 58.0 Å². The van der Waals surface area contributed by atoms with Crippen molar-refractivity contribution in [1.82, 2.24) is 4.90 Å². The lowest BCUT2D eigenvalue weighted by Gasteiger charge is -2.50. The van der Waals surface area contributed by atoms with Crippen molar-refractivity contribution in [1.29, 1.82) is 0 Å². The lowest BCUT2D eigenvalue weighted by Crippen LogP contribution is -2.63. The Hall–Kier alpha value is -4.42. The minimum Gasteiger partial charge on any atom is -0.510 e. The number of hydrogen-bond acceptors (Lipinski definition) is 11. The average Bonchev–Trinajstić information content (AvgIpc) is 3.29. The Balaban J connectivity index is 1.70. The minimum absolute atomic E-state index is 0.0264. The molecule has 1 amide bonds. The molecule has 0 spiro atoms. The van der Waals surface area contributed by atoms with E-state index in [-0.39, 0.29) is 35.5 Å². The summed E-state index contributed by atoms with van der Waals surface area (Å²) < 4.78 is 5.68. The second kappa shape index (κ2) is 8.57. The van der Waals surface area contributed by atoms with Crippen LogP contribution in [0.25, 0.3) is 11.3 Å². The number of oxime groups is 1. The Morgan fingerprint density at radius 1 is 1.18 bits per heavy atom. The molecule has 0 saturated heterocycles. The number of rotatable bonds is 4. The first kappa shape index (κ1) is 25.2. The Labute approximate surface area is 215 Å². The SMILES string of the molecule is CN(C)[C@@H]1C(O)=C(C(N)=O)C(=O)[C@@]2(O)C(O)=C3C(=O)c4c(O)ccc(-c5ccc(/C=N/O)o5)c4C[C@H]3C[C@@H]12. The van der Waals surface area contributed by atoms with Crippen molar-refractivity contribution < 1.29 is 44.4 Å². The molecule has 1 heterocycles. The van der Waals surface area contributed by atoms with Crippen LogP contribution in [-0.2, 0) is 16.0 Å². The van der Waals surface area contributed by atoms with Crippen molar-refractivity contribution >= 4 is 23.7 Å². The molecular weight excluding hydrogens is 498 g/mol. The number of nitrogens with zero attached hydrogens (tertiary/aromatic N) is 2. The maximum absolute atomic E-state index is 13.7. The molecule has 12 nitrogen and oxygen atoms in total. The van der Waals surface area contributed by atoms with Gasteiger partial charge < -0.3 is 35.8 Å². The van der Waals surface area contributed by atoms with E-state index in [1.54, 1.807) is 32.3 Å². The number of aliphatic hydroxyl groups excluding tert-OH is 2. The summed E-state index contributed by atoms with van der Waals surface area (Å²) in [5.41, 5.74) is 2.31. The number of aliphatic hydroxyl groups is 3. The van der Waals surface area contributed by atoms with E-state index in [1.165, 1.54) is 11.0 Å². The van der Waals surface area contributed by atoms with E-state index in [1.807, 2.05) is 0 Å². The predicted octanol–water partition coefficient (Wildman–Crippen LogP) is 1.19. The summed E-state index contributed by atoms with van der Waals surface area (Å²) in [6, 6.07) is 4.93. The molecule has 198 valence electrons. The summed E-state index contributed by atoms with van der Waals surface area (Å²) in [6.07, 6.45) is 1.17. The zero-order chi connectivity index (χ0) is 27.7. The second-order valence-corrected chi connectivity index (χ2v) is 9.90. The van der Waals surface area contributed by atoms with Crippen molar-refractivity contribution in [2.45, 2.75) is 24.5 Å². The number of allylic oxidation sites excluding steroid dienone is 1. The number of carbonyl (C=O) groups is 3. The molecule has 0 fully saturated rings. The van der Waals surface area contributed by atoms with Gasteiger partial charge in [-0.1, -0.05) is 5.16 Å². The van der Waals surface area contributed by atoms with E-state index >= 15 is 0 Å². The number of benzene rings is 1. The fourth-order valence-electron chi connectivity index (χ4n) is 6.11. The molecule has 3 aliphatic carbocycles. The first-order valence-electron chi connectivity index (χ1n) is 11.7. The number of phenols is 1. The third-order valence-electron chi connectivity index (χ3n) is 7.68. The first-order chi connectivity index (χ1) is 17.9. The van der Waals surface area contributed by atoms with Crippen LogP contribution in [0.4, 0.5) is 0 Å². The molecule has 38 heavy (non-hydrogen) atoms. The predicted molar refractivity (Wildman–Crippen MR) is 131 cm³/mol. The van der Waals surface area contributed by atoms with E-state index in [9.17, 15) is 34.8 Å². The number of likely N-dealkylation sites (N-methyl/N-ethyl adjacent to an activating group) is 1. The molecular formula is C26H25N3O9. The lowest BCUT2D eigenvalue weighted by atomic mass is 9.58. The third-order valence-corrected chi connectivity index (χ3v) is 7.68. The van der Waals surface area contributed by atoms with Crippen LogP contribution in [0.5, 0.6) is 5.75 Å². The number of primary amides is 1. The molecule has 5 rings (SSSR count). The molecule has 0 unspecified atom stereocenters. The summed E-state index contributed by atoms with van der Waals surface area (Å²) in [5.74, 6) is -6.56. The number of ketones is 2. The first-order valence-corrected chi connectivity index (χ1v) is 11.7. The van der Waals surface area contributed by atoms with Gasteiger partial charge in [0.25, 0.3) is 5.91 Å². The van der Waals surface area contributed by atoms with Gasteiger partial charge in [-0.2, -0.15) is 0 Å². The van der Waals surface area contributed by atoms with Gasteiger partial charge in [-0.05, 0) is 62.7 Å². The van der Waals surface area contributed by atoms with Crippen LogP contribution in [-0.4, -0.2) is 80.0 Å². The van der Waals surface area contributed by atoms with Gasteiger partial charge in [0.05, 0.1) is 11.6 Å². The van der Waals surface area contributed by atoms with Crippen LogP contribution >= 0.6 is 0 Å². The highest BCUT2D eigenvalue weighted by atomic mass is 16.4. The van der Waals surface area contributed by atoms with Gasteiger partial charge in [0.1, 0.15) is 40.6 Å². The number of hydrogen-bond donors (Lipinski definition) is 6. The third kappa shape index (κ3) is 3.30. The molecule has 7 N–H and O–H groups in total. The largest absolute Gasteiger partial charge is 0.510 e. The number of Topliss-reactive ketones (excluding diaryl/α,β-unsaturated/α-hetero) is 2. The Morgan fingerprint density at radius 2 is 1.89 bits per heavy atom. The smallest absolute Gasteiger partial charge is 0.255 e. The highest BCUT2D eigenvalue weighted by Crippen LogP contribution is 2.53. The maximum atomic E-state index is 13.7. The molecule has 0 radical (unpaired) electrons. The number of furan rings is 1. The standard InChI is InChI=1S/C26H25N3O9/c1-29(2)20-14-8-10-7-13-12(16-6-3-11(38-16)9-28-37)4-5-15(30)18(13)21(31)17(10)23(33)26(14,36)24(34)19(22(20)32)25(27)35/h3-6,9-10,14,20,30,32-33,36-37H,7-8H2,1-2H3,(H2,27,35)/b28-9+/t10-,14-,20-,26-/m0/s1. The zero-order valence-electron chi connectivity index (χ0n) is 20.4. The fourth-order valence-corrected chi connectivity index (χ4v) is 6.11. The minimum atomic E-state index is -2.70. The number of nitrogens with two attached hydrogens (primary N) is 1. The topological polar surface area (TPSA) is 207 Å². The van der Waals surface area contributed by atoms with Crippen LogP contribution in [0.3, 0.4) is 0 Å². The average molecular weight is 523 g/mol. The second-order valence-electron chi connectivity index (χ2n) is 9.90. The van der Waals surface area contributed by atoms with E-state index in [4.69, 9.17) is 15.4 Å². The molecule has 0 aliphatic heterocycles. The summed E-state index contributed by atoms with van der Waals surface area (Å²) in [5, 5.41) is 56.1. The van der Waals surface area contributed by atoms with E-state index in [2.05, 4.69) is 5.16 Å². The van der Waals surface area contributed by atoms with Gasteiger partial charge in [-0.15, -0.1) is 0 Å². The van der Waals surface area contributed by atoms with Gasteiger partial charge in [0.15, 0.2) is 11.4 Å². The van der Waals surface area contributed by atoms with Crippen molar-refractivity contribution in [3.05, 3.63) is 63.8 Å². The van der Waals surface area contributed by atoms with Gasteiger partial charge in [-0.3, -0.25) is 19.3 Å². The quantitative estimate of drug-likeness (QED) is 0.146. The number of amides is 1. The van der Waals surface area contributed by atoms with Gasteiger partial charge in [0.2, 0.25) is 5.78 Å². The van der Waals surface area contributed by atoms with Gasteiger partial charge in [-0.25, -0.2) is 0 Å². The zero-order valence-corrected chi connectivity index (χ0v) is 20.4. The van der Waals surface area contributed by atoms with Crippen LogP contribution in [0.1, 0.15) is 28.1 Å². The molecule has 0 saturated carbocycles. The number of fused-ring (bicyclic) bond motifs is 3. The van der Waals surface area contributed by atoms with Crippen LogP contribution < -0.4 is 5.73 Å². The van der Waals surface area contributed by atoms with Crippen LogP contribution in [0.15, 0.2) is 56.5 Å². The van der Waals surface area contributed by atoms with E-state index in [0.717, 1.165) is 6.21 Å². The Morgan fingerprint density at radius 3 is 2.53 bits per heavy atom. The normalized spacial score (nSPS) is 27.1. The summed E-state index contributed by atoms with van der Waals surface area (Å²) in [4.78, 5) is 40.6. The molecule has 2 aromatic rings. The summed E-state index contributed by atoms with van der Waals surface area (Å²) >= 11 is 0. The maximum Gasteiger partial charge on any atom is 0.255 e. The highest BCUT2D eigenvalue weighted by molar-refractivity contribution is 6.24. The number of phenolic OH excluding ortho intramolecular Hbond substituents is 1. The summed E-state index contributed by atoms with van der Waals surface area (Å²) in [6.45, 7) is 0. The lowest BCUT2D eigenvalue weighted by molar-refractivity contribution is -0.148. The number of aromatic hydroxyl groups is 1. The van der Waals surface area contributed by atoms with Crippen molar-refractivity contribution in [3.63, 3.8) is 0 Å². The van der Waals surface area contributed by atoms with Gasteiger partial charge in [0, 0.05) is 17.1 Å². The molecule has 1 aromatic heterocycles.